The van der Waals surface area contributed by atoms with Crippen LogP contribution in [0.4, 0.5) is 33.9 Å². The van der Waals surface area contributed by atoms with Crippen molar-refractivity contribution in [1.29, 1.82) is 0 Å². The Balaban J connectivity index is 0.000000186. The van der Waals surface area contributed by atoms with Gasteiger partial charge in [0.1, 0.15) is 34.8 Å². The molecule has 1 atom stereocenters. The minimum Gasteiger partial charge on any atom is -0.496 e. The molecule has 3 aromatic carbocycles. The number of hydrogen-bond donors (Lipinski definition) is 10. The van der Waals surface area contributed by atoms with Gasteiger partial charge in [0.2, 0.25) is 11.9 Å². The zero-order valence-corrected chi connectivity index (χ0v) is 58.7. The predicted molar refractivity (Wildman–Crippen MR) is 392 cm³/mol. The number of halogens is 1. The molecule has 10 rings (SSSR count). The summed E-state index contributed by atoms with van der Waals surface area (Å²) in [4.78, 5) is 91.2. The van der Waals surface area contributed by atoms with Crippen molar-refractivity contribution in [1.82, 2.24) is 40.8 Å². The number of anilines is 5. The summed E-state index contributed by atoms with van der Waals surface area (Å²) in [5.41, 5.74) is 15.2. The first-order chi connectivity index (χ1) is 47.9. The van der Waals surface area contributed by atoms with Crippen LogP contribution in [0.5, 0.6) is 5.75 Å². The molecule has 3 aromatic heterocycles. The molecule has 1 unspecified atom stereocenters. The molecule has 1 saturated heterocycles. The number of likely N-dealkylation sites (tertiary alicyclic amines) is 1. The fourth-order valence-corrected chi connectivity index (χ4v) is 12.4. The Morgan fingerprint density at radius 1 is 0.586 bits per heavy atom. The molecule has 6 aromatic rings. The summed E-state index contributed by atoms with van der Waals surface area (Å²) in [5, 5.41) is 25.4. The summed E-state index contributed by atoms with van der Waals surface area (Å²) in [5.74, 6) is 3.47. The van der Waals surface area contributed by atoms with Crippen LogP contribution < -0.4 is 58.7 Å². The van der Waals surface area contributed by atoms with Crippen molar-refractivity contribution in [2.24, 2.45) is 29.2 Å². The largest absolute Gasteiger partial charge is 0.496 e. The van der Waals surface area contributed by atoms with Gasteiger partial charge in [-0.15, -0.1) is 6.58 Å². The van der Waals surface area contributed by atoms with E-state index in [0.717, 1.165) is 48.6 Å². The Morgan fingerprint density at radius 2 is 1.13 bits per heavy atom. The number of amides is 6. The van der Waals surface area contributed by atoms with Gasteiger partial charge in [0.25, 0.3) is 23.6 Å². The minimum atomic E-state index is -0.540. The first-order valence-electron chi connectivity index (χ1n) is 34.9. The molecule has 24 heteroatoms. The van der Waals surface area contributed by atoms with Gasteiger partial charge in [-0.25, -0.2) is 19.7 Å². The van der Waals surface area contributed by atoms with E-state index in [9.17, 15) is 28.8 Å². The number of para-hydroxylation sites is 2. The molecule has 532 valence electrons. The number of ether oxygens (including phenoxy) is 2. The lowest BCUT2D eigenvalue weighted by molar-refractivity contribution is -0.121. The third-order valence-electron chi connectivity index (χ3n) is 17.5. The number of primary amides is 2. The van der Waals surface area contributed by atoms with E-state index >= 15 is 0 Å². The van der Waals surface area contributed by atoms with Crippen molar-refractivity contribution in [3.63, 3.8) is 0 Å². The van der Waals surface area contributed by atoms with Crippen LogP contribution in [0.15, 0.2) is 128 Å². The van der Waals surface area contributed by atoms with Crippen LogP contribution in [0.1, 0.15) is 182 Å². The maximum Gasteiger partial charge on any atom is 0.407 e. The standard InChI is InChI=1S/C20H32N4O3.C19H24ClN5O.C18H26N4O2.C18H20N2O2/c1-20(2,3)27-19(26)23-13-12-22-18(25)16-10-7-11-21-17(16)24-14-15-8-5-4-6-9-15;20-15-8-6-14(7-9-15)11-23-19-24-12-16(17(21)26)18(25-19)22-10-13-4-2-1-3-5-13;19-16(23)15-9-5-11-22(15)18(24)14-8-4-10-20-17(14)21-12-13-6-2-1-3-7-13;1-3-12-19-18(21)15-9-5-6-10-16(15)20-13-14-8-4-7-11-17(14)22-2/h7,10-11,15H,4-6,8-9,12-14H2,1-3H3,(H,21,24)(H,22,25)(H,23,26);6-9,12-13H,1-5,10-11H2,(H2,21,26)(H2,22,23,24,25);4,8,10,13,15H,1-3,5-7,9,11-12H2,(H2,19,23)(H,20,21);3-11,20H,1,12-13H2,2H3,(H,19,21). The SMILES string of the molecule is C=CCNC(=O)c1ccccc1NCc1ccccc1OC.CC(C)(C)OC(=O)NCCNC(=O)c1cccnc1NCC1CCCCC1.NC(=O)C1CCCN1C(=O)c1cccnc1NCC1CCCCC1.NC(=O)c1cnc(NCc2ccc(Cl)cc2)nc1NCC1CCCCC1. The fraction of sp³-hybridized carbons (Fsp3) is 0.467. The van der Waals surface area contributed by atoms with Gasteiger partial charge in [0, 0.05) is 93.8 Å². The van der Waals surface area contributed by atoms with Gasteiger partial charge in [-0.2, -0.15) is 4.98 Å². The fourth-order valence-electron chi connectivity index (χ4n) is 12.3. The predicted octanol–water partition coefficient (Wildman–Crippen LogP) is 12.5. The number of aromatic nitrogens is 4. The monoisotopic (exact) mass is 1380 g/mol. The molecule has 12 N–H and O–H groups in total. The van der Waals surface area contributed by atoms with Crippen LogP contribution in [0.2, 0.25) is 5.02 Å². The third kappa shape index (κ3) is 26.4. The summed E-state index contributed by atoms with van der Waals surface area (Å²) in [6.45, 7) is 14.3. The molecule has 0 radical (unpaired) electrons. The Hall–Kier alpha value is -9.51. The van der Waals surface area contributed by atoms with Gasteiger partial charge in [0.15, 0.2) is 0 Å². The Bertz CT molecular complexity index is 3540. The number of methoxy groups -OCH3 is 1. The Morgan fingerprint density at radius 3 is 1.72 bits per heavy atom. The lowest BCUT2D eigenvalue weighted by atomic mass is 9.89. The highest BCUT2D eigenvalue weighted by molar-refractivity contribution is 6.30. The van der Waals surface area contributed by atoms with E-state index in [1.54, 1.807) is 81.6 Å². The number of alkyl carbamates (subject to hydrolysis) is 1. The van der Waals surface area contributed by atoms with Crippen LogP contribution in [0.25, 0.3) is 0 Å². The number of hydrogen-bond acceptors (Lipinski definition) is 17. The maximum absolute atomic E-state index is 12.9. The zero-order chi connectivity index (χ0) is 70.8. The molecule has 3 aliphatic carbocycles. The van der Waals surface area contributed by atoms with Crippen LogP contribution in [0.3, 0.4) is 0 Å². The number of benzene rings is 3. The normalized spacial score (nSPS) is 15.4. The molecule has 0 spiro atoms. The van der Waals surface area contributed by atoms with Gasteiger partial charge in [-0.1, -0.05) is 118 Å². The quantitative estimate of drug-likeness (QED) is 0.0178. The average molecular weight is 1380 g/mol. The topological polar surface area (TPSA) is 324 Å². The highest BCUT2D eigenvalue weighted by atomic mass is 35.5. The lowest BCUT2D eigenvalue weighted by Gasteiger charge is -2.25. The van der Waals surface area contributed by atoms with E-state index < -0.39 is 29.6 Å². The number of nitrogens with two attached hydrogens (primary N) is 2. The van der Waals surface area contributed by atoms with Crippen LogP contribution >= 0.6 is 11.6 Å². The van der Waals surface area contributed by atoms with E-state index in [1.165, 1.54) is 103 Å². The summed E-state index contributed by atoms with van der Waals surface area (Å²) >= 11 is 5.90. The molecule has 99 heavy (non-hydrogen) atoms. The second-order valence-electron chi connectivity index (χ2n) is 26.2. The highest BCUT2D eigenvalue weighted by Crippen LogP contribution is 2.29. The lowest BCUT2D eigenvalue weighted by Crippen LogP contribution is -2.44. The van der Waals surface area contributed by atoms with Crippen LogP contribution in [0, 0.1) is 17.8 Å². The molecule has 0 bridgehead atoms. The second-order valence-corrected chi connectivity index (χ2v) is 26.6. The number of nitrogens with zero attached hydrogens (tertiary/aromatic N) is 5. The minimum absolute atomic E-state index is 0.122. The summed E-state index contributed by atoms with van der Waals surface area (Å²) < 4.78 is 10.5. The van der Waals surface area contributed by atoms with Gasteiger partial charge in [0.05, 0.1) is 29.4 Å². The number of carbonyl (C=O) groups excluding carboxylic acids is 6. The van der Waals surface area contributed by atoms with E-state index in [-0.39, 0.29) is 17.7 Å². The first kappa shape index (κ1) is 76.9. The summed E-state index contributed by atoms with van der Waals surface area (Å²) in [7, 11) is 1.65. The maximum atomic E-state index is 12.9. The summed E-state index contributed by atoms with van der Waals surface area (Å²) in [6.07, 6.45) is 26.5. The number of carbonyl (C=O) groups is 6. The van der Waals surface area contributed by atoms with E-state index in [0.29, 0.717) is 114 Å². The molecule has 3 saturated carbocycles. The van der Waals surface area contributed by atoms with Crippen molar-refractivity contribution in [2.75, 3.05) is 79.5 Å². The van der Waals surface area contributed by atoms with Gasteiger partial charge >= 0.3 is 6.09 Å². The first-order valence-corrected chi connectivity index (χ1v) is 35.2. The molecular weight excluding hydrogens is 1270 g/mol. The molecule has 4 fully saturated rings. The van der Waals surface area contributed by atoms with E-state index in [1.807, 2.05) is 66.7 Å². The van der Waals surface area contributed by atoms with Crippen molar-refractivity contribution < 1.29 is 38.2 Å². The van der Waals surface area contributed by atoms with Gasteiger partial charge < -0.3 is 68.4 Å². The van der Waals surface area contributed by atoms with Crippen molar-refractivity contribution in [3.8, 4) is 5.75 Å². The van der Waals surface area contributed by atoms with Crippen molar-refractivity contribution in [2.45, 2.75) is 155 Å². The molecule has 4 aliphatic rings. The molecule has 23 nitrogen and oxygen atoms in total. The van der Waals surface area contributed by atoms with Crippen LogP contribution in [-0.4, -0.2) is 125 Å². The molecule has 4 heterocycles. The molecule has 6 amide bonds. The molecular formula is C75H102ClN15O8. The van der Waals surface area contributed by atoms with Gasteiger partial charge in [-0.05, 0) is 150 Å². The second kappa shape index (κ2) is 41.0. The van der Waals surface area contributed by atoms with Crippen molar-refractivity contribution in [3.05, 3.63) is 167 Å². The molecule has 1 aliphatic heterocycles. The van der Waals surface area contributed by atoms with E-state index in [4.69, 9.17) is 32.5 Å². The Kier molecular flexibility index (Phi) is 31.8. The van der Waals surface area contributed by atoms with Crippen LogP contribution in [-0.2, 0) is 22.6 Å². The van der Waals surface area contributed by atoms with Crippen molar-refractivity contribution >= 4 is 76.3 Å². The number of rotatable bonds is 26. The average Bonchev–Trinajstić information content (AvgIpc) is 1.79. The number of pyridine rings is 2. The smallest absolute Gasteiger partial charge is 0.407 e. The van der Waals surface area contributed by atoms with E-state index in [2.05, 4.69) is 69.0 Å². The third-order valence-corrected chi connectivity index (χ3v) is 17.8. The zero-order valence-electron chi connectivity index (χ0n) is 58.0. The Labute approximate surface area is 588 Å². The summed E-state index contributed by atoms with van der Waals surface area (Å²) in [6, 6.07) is 29.3. The number of nitrogens with one attached hydrogen (secondary N) is 8. The van der Waals surface area contributed by atoms with Gasteiger partial charge in [-0.3, -0.25) is 24.0 Å². The highest BCUT2D eigenvalue weighted by Gasteiger charge is 2.34.